The number of alkyl halides is 3. The second-order valence-corrected chi connectivity index (χ2v) is 3.44. The van der Waals surface area contributed by atoms with E-state index in [1.54, 1.807) is 0 Å². The van der Waals surface area contributed by atoms with E-state index in [0.717, 1.165) is 0 Å². The van der Waals surface area contributed by atoms with Crippen molar-refractivity contribution in [3.05, 3.63) is 26.9 Å². The van der Waals surface area contributed by atoms with Crippen molar-refractivity contribution in [2.75, 3.05) is 0 Å². The molecule has 0 amide bonds. The van der Waals surface area contributed by atoms with Crippen LogP contribution in [0.2, 0.25) is 0 Å². The lowest BCUT2D eigenvalue weighted by Crippen LogP contribution is -2.03. The zero-order chi connectivity index (χ0) is 9.19. The van der Waals surface area contributed by atoms with Crippen LogP contribution in [0.25, 0.3) is 6.08 Å². The van der Waals surface area contributed by atoms with E-state index in [0.29, 0.717) is 11.3 Å². The second-order valence-electron chi connectivity index (χ2n) is 2.00. The molecular weight excluding hydrogens is 253 g/mol. The van der Waals surface area contributed by atoms with Gasteiger partial charge in [0, 0.05) is 0 Å². The summed E-state index contributed by atoms with van der Waals surface area (Å²) in [6, 6.07) is 1.44. The van der Waals surface area contributed by atoms with Gasteiger partial charge in [0.05, 0.1) is 0 Å². The molecule has 0 N–H and O–H groups in total. The van der Waals surface area contributed by atoms with Crippen LogP contribution >= 0.6 is 27.3 Å². The van der Waals surface area contributed by atoms with Crippen molar-refractivity contribution >= 4 is 33.3 Å². The first kappa shape index (κ1) is 9.80. The van der Waals surface area contributed by atoms with Gasteiger partial charge in [-0.05, 0) is 28.1 Å². The van der Waals surface area contributed by atoms with Gasteiger partial charge in [0.15, 0.2) is 0 Å². The Labute approximate surface area is 79.8 Å². The first-order valence-electron chi connectivity index (χ1n) is 2.97. The summed E-state index contributed by atoms with van der Waals surface area (Å²) < 4.78 is 36.5. The smallest absolute Gasteiger partial charge is 0.165 e. The first-order valence-corrected chi connectivity index (χ1v) is 4.76. The molecule has 0 saturated carbocycles. The molecular formula is C7H4BrF3S. The molecule has 0 radical (unpaired) electrons. The van der Waals surface area contributed by atoms with Crippen LogP contribution in [0.5, 0.6) is 0 Å². The fourth-order valence-electron chi connectivity index (χ4n) is 0.749. The van der Waals surface area contributed by atoms with Crippen LogP contribution in [0, 0.1) is 0 Å². The Morgan fingerprint density at radius 3 is 2.58 bits per heavy atom. The lowest BCUT2D eigenvalue weighted by molar-refractivity contribution is -0.134. The van der Waals surface area contributed by atoms with Crippen molar-refractivity contribution in [2.45, 2.75) is 6.18 Å². The van der Waals surface area contributed by atoms with E-state index in [1.165, 1.54) is 22.5 Å². The molecule has 1 aromatic rings. The molecule has 0 unspecified atom stereocenters. The van der Waals surface area contributed by atoms with Crippen molar-refractivity contribution in [2.24, 2.45) is 0 Å². The Morgan fingerprint density at radius 1 is 1.42 bits per heavy atom. The van der Waals surface area contributed by atoms with Crippen LogP contribution in [-0.4, -0.2) is 0 Å². The largest absolute Gasteiger partial charge is 0.426 e. The summed E-state index contributed by atoms with van der Waals surface area (Å²) in [6.45, 7) is 0. The average Bonchev–Trinajstić information content (AvgIpc) is 2.34. The van der Waals surface area contributed by atoms with Crippen molar-refractivity contribution in [1.82, 2.24) is 0 Å². The third-order valence-corrected chi connectivity index (χ3v) is 2.44. The Hall–Kier alpha value is -0.290. The van der Waals surface area contributed by atoms with Gasteiger partial charge >= 0.3 is 6.18 Å². The molecule has 0 saturated heterocycles. The number of hydrogen-bond donors (Lipinski definition) is 0. The maximum absolute atomic E-state index is 12.2. The van der Waals surface area contributed by atoms with Gasteiger partial charge in [-0.2, -0.15) is 13.2 Å². The minimum Gasteiger partial charge on any atom is -0.165 e. The summed E-state index contributed by atoms with van der Waals surface area (Å²) in [6.07, 6.45) is -2.87. The molecule has 1 aromatic heterocycles. The van der Waals surface area contributed by atoms with E-state index in [9.17, 15) is 13.2 Å². The van der Waals surface area contributed by atoms with Gasteiger partial charge in [-0.25, -0.2) is 0 Å². The highest BCUT2D eigenvalue weighted by Crippen LogP contribution is 2.36. The lowest BCUT2D eigenvalue weighted by atomic mass is 10.2. The predicted molar refractivity (Wildman–Crippen MR) is 47.3 cm³/mol. The Kier molecular flexibility index (Phi) is 2.95. The fraction of sp³-hybridized carbons (Fsp3) is 0.143. The predicted octanol–water partition coefficient (Wildman–Crippen LogP) is 4.13. The summed E-state index contributed by atoms with van der Waals surface area (Å²) in [5, 5.41) is 1.42. The van der Waals surface area contributed by atoms with Crippen LogP contribution in [0.15, 0.2) is 16.4 Å². The number of hydrogen-bond acceptors (Lipinski definition) is 1. The molecule has 0 bridgehead atoms. The minimum absolute atomic E-state index is 0.198. The molecule has 0 aromatic carbocycles. The van der Waals surface area contributed by atoms with E-state index in [1.807, 2.05) is 0 Å². The maximum atomic E-state index is 12.2. The van der Waals surface area contributed by atoms with Crippen LogP contribution in [0.4, 0.5) is 13.2 Å². The highest BCUT2D eigenvalue weighted by Gasteiger charge is 2.33. The van der Waals surface area contributed by atoms with Gasteiger partial charge in [0.25, 0.3) is 0 Å². The number of rotatable bonds is 1. The standard InChI is InChI=1S/C7H4BrF3S/c8-3-1-5-2-4-12-6(5)7(9,10)11/h1-4H/b3-1+. The molecule has 5 heteroatoms. The molecule has 12 heavy (non-hydrogen) atoms. The first-order chi connectivity index (χ1) is 5.55. The van der Waals surface area contributed by atoms with Gasteiger partial charge in [-0.15, -0.1) is 11.3 Å². The molecule has 0 atom stereocenters. The summed E-state index contributed by atoms with van der Waals surface area (Å²) in [5.41, 5.74) is 0.198. The summed E-state index contributed by atoms with van der Waals surface area (Å²) in [7, 11) is 0. The quantitative estimate of drug-likeness (QED) is 0.709. The van der Waals surface area contributed by atoms with Crippen molar-refractivity contribution in [3.63, 3.8) is 0 Å². The molecule has 0 fully saturated rings. The van der Waals surface area contributed by atoms with Crippen molar-refractivity contribution < 1.29 is 13.2 Å². The third kappa shape index (κ3) is 2.10. The van der Waals surface area contributed by atoms with E-state index in [-0.39, 0.29) is 5.56 Å². The van der Waals surface area contributed by atoms with E-state index >= 15 is 0 Å². The van der Waals surface area contributed by atoms with Gasteiger partial charge in [-0.1, -0.05) is 15.9 Å². The molecule has 1 heterocycles. The van der Waals surface area contributed by atoms with Crippen molar-refractivity contribution in [3.8, 4) is 0 Å². The topological polar surface area (TPSA) is 0 Å². The summed E-state index contributed by atoms with van der Waals surface area (Å²) >= 11 is 3.63. The molecule has 0 spiro atoms. The molecule has 0 nitrogen and oxygen atoms in total. The normalized spacial score (nSPS) is 12.7. The highest BCUT2D eigenvalue weighted by molar-refractivity contribution is 9.11. The average molecular weight is 257 g/mol. The van der Waals surface area contributed by atoms with Crippen LogP contribution in [-0.2, 0) is 6.18 Å². The minimum atomic E-state index is -4.24. The SMILES string of the molecule is FC(F)(F)c1sccc1/C=C/Br. The Balaban J connectivity index is 3.07. The molecule has 66 valence electrons. The fourth-order valence-corrected chi connectivity index (χ4v) is 1.79. The van der Waals surface area contributed by atoms with Gasteiger partial charge in [0.2, 0.25) is 0 Å². The summed E-state index contributed by atoms with van der Waals surface area (Å²) in [5.74, 6) is 0. The van der Waals surface area contributed by atoms with Crippen LogP contribution < -0.4 is 0 Å². The van der Waals surface area contributed by atoms with E-state index in [4.69, 9.17) is 0 Å². The van der Waals surface area contributed by atoms with E-state index < -0.39 is 11.1 Å². The van der Waals surface area contributed by atoms with Crippen molar-refractivity contribution in [1.29, 1.82) is 0 Å². The Bertz CT molecular complexity index is 287. The van der Waals surface area contributed by atoms with Crippen LogP contribution in [0.3, 0.4) is 0 Å². The summed E-state index contributed by atoms with van der Waals surface area (Å²) in [4.78, 5) is 0.850. The molecule has 0 aliphatic rings. The lowest BCUT2D eigenvalue weighted by Gasteiger charge is -2.03. The molecule has 0 aliphatic heterocycles. The Morgan fingerprint density at radius 2 is 2.08 bits per heavy atom. The monoisotopic (exact) mass is 256 g/mol. The number of halogens is 4. The third-order valence-electron chi connectivity index (χ3n) is 1.20. The van der Waals surface area contributed by atoms with Gasteiger partial charge in [-0.3, -0.25) is 0 Å². The zero-order valence-corrected chi connectivity index (χ0v) is 8.13. The zero-order valence-electron chi connectivity index (χ0n) is 5.73. The maximum Gasteiger partial charge on any atom is 0.426 e. The van der Waals surface area contributed by atoms with Gasteiger partial charge < -0.3 is 0 Å². The van der Waals surface area contributed by atoms with Crippen LogP contribution in [0.1, 0.15) is 10.4 Å². The number of thiophene rings is 1. The van der Waals surface area contributed by atoms with Gasteiger partial charge in [0.1, 0.15) is 4.88 Å². The molecule has 1 rings (SSSR count). The van der Waals surface area contributed by atoms with E-state index in [2.05, 4.69) is 15.9 Å². The molecule has 0 aliphatic carbocycles. The second kappa shape index (κ2) is 3.62. The highest BCUT2D eigenvalue weighted by atomic mass is 79.9.